The van der Waals surface area contributed by atoms with Crippen molar-refractivity contribution >= 4 is 56.2 Å². The predicted molar refractivity (Wildman–Crippen MR) is 180 cm³/mol. The minimum absolute atomic E-state index is 0.0207. The Morgan fingerprint density at radius 2 is 1.51 bits per heavy atom. The van der Waals surface area contributed by atoms with Crippen LogP contribution in [0.3, 0.4) is 0 Å². The zero-order chi connectivity index (χ0) is 29.8. The Morgan fingerprint density at radius 3 is 2.38 bits per heavy atom. The van der Waals surface area contributed by atoms with E-state index < -0.39 is 0 Å². The van der Waals surface area contributed by atoms with Crippen LogP contribution in [-0.2, 0) is 0 Å². The molecule has 4 atom stereocenters. The molecule has 6 heterocycles. The molecule has 0 saturated carbocycles. The molecule has 7 nitrogen and oxygen atoms in total. The maximum Gasteiger partial charge on any atom is 0.178 e. The molecule has 0 radical (unpaired) electrons. The van der Waals surface area contributed by atoms with Crippen LogP contribution in [-0.4, -0.2) is 34.2 Å². The van der Waals surface area contributed by atoms with Gasteiger partial charge in [-0.2, -0.15) is 0 Å². The summed E-state index contributed by atoms with van der Waals surface area (Å²) in [7, 11) is 2.19. The average molecular weight is 587 g/mol. The third-order valence-electron chi connectivity index (χ3n) is 10.2. The molecule has 10 rings (SSSR count). The summed E-state index contributed by atoms with van der Waals surface area (Å²) in [5.41, 5.74) is 8.79. The summed E-state index contributed by atoms with van der Waals surface area (Å²) in [5, 5.41) is 2.29. The Bertz CT molecular complexity index is 2210. The molecule has 0 N–H and O–H groups in total. The van der Waals surface area contributed by atoms with Gasteiger partial charge in [0.15, 0.2) is 17.2 Å². The number of aromatic nitrogens is 2. The fourth-order valence-electron chi connectivity index (χ4n) is 8.44. The average Bonchev–Trinajstić information content (AvgIpc) is 3.76. The first-order valence-electron chi connectivity index (χ1n) is 15.5. The molecule has 4 aliphatic heterocycles. The highest BCUT2D eigenvalue weighted by atomic mass is 16.3. The topological polar surface area (TPSA) is 51.9 Å². The van der Waals surface area contributed by atoms with Gasteiger partial charge < -0.3 is 24.0 Å². The molecule has 7 heteroatoms. The molecule has 2 aromatic heterocycles. The second-order valence-corrected chi connectivity index (χ2v) is 12.5. The zero-order valence-corrected chi connectivity index (χ0v) is 24.8. The minimum Gasteiger partial charge on any atom is -0.454 e. The van der Waals surface area contributed by atoms with Gasteiger partial charge in [-0.05, 0) is 41.8 Å². The number of fused-ring (bicyclic) bond motifs is 16. The van der Waals surface area contributed by atoms with Crippen LogP contribution in [0.15, 0.2) is 127 Å². The van der Waals surface area contributed by atoms with E-state index in [4.69, 9.17) is 21.0 Å². The Labute approximate surface area is 260 Å². The number of anilines is 5. The maximum absolute atomic E-state index is 6.68. The molecule has 4 unspecified atom stereocenters. The van der Waals surface area contributed by atoms with Crippen molar-refractivity contribution < 1.29 is 4.42 Å². The van der Waals surface area contributed by atoms with Gasteiger partial charge >= 0.3 is 0 Å². The van der Waals surface area contributed by atoms with Crippen LogP contribution in [0.1, 0.15) is 23.5 Å². The first-order valence-corrected chi connectivity index (χ1v) is 15.5. The SMILES string of the molecule is C=C1CC2c3ccc4c(oc5ccccc54)c3N3C=CN(C)C3C2C2N(c3ccccc3)c3nccnc3N2c2ccccc21. The summed E-state index contributed by atoms with van der Waals surface area (Å²) in [6.45, 7) is 4.73. The van der Waals surface area contributed by atoms with Crippen molar-refractivity contribution in [3.63, 3.8) is 0 Å². The first kappa shape index (κ1) is 24.8. The van der Waals surface area contributed by atoms with E-state index in [1.165, 1.54) is 5.56 Å². The molecule has 0 bridgehead atoms. The number of furan rings is 1. The molecule has 0 spiro atoms. The van der Waals surface area contributed by atoms with Crippen molar-refractivity contribution in [2.45, 2.75) is 24.7 Å². The van der Waals surface area contributed by atoms with E-state index in [2.05, 4.69) is 124 Å². The molecule has 45 heavy (non-hydrogen) atoms. The fourth-order valence-corrected chi connectivity index (χ4v) is 8.44. The maximum atomic E-state index is 6.68. The summed E-state index contributed by atoms with van der Waals surface area (Å²) in [4.78, 5) is 19.6. The van der Waals surface area contributed by atoms with Crippen LogP contribution in [0.5, 0.6) is 0 Å². The van der Waals surface area contributed by atoms with Gasteiger partial charge in [-0.1, -0.05) is 73.3 Å². The van der Waals surface area contributed by atoms with Gasteiger partial charge in [0.1, 0.15) is 17.9 Å². The van der Waals surface area contributed by atoms with Crippen LogP contribution in [0, 0.1) is 5.92 Å². The lowest BCUT2D eigenvalue weighted by atomic mass is 9.71. The molecule has 4 aliphatic rings. The molecule has 0 fully saturated rings. The lowest BCUT2D eigenvalue weighted by Crippen LogP contribution is -2.59. The van der Waals surface area contributed by atoms with Crippen molar-refractivity contribution in [3.8, 4) is 0 Å². The zero-order valence-electron chi connectivity index (χ0n) is 24.8. The summed E-state index contributed by atoms with van der Waals surface area (Å²) >= 11 is 0. The van der Waals surface area contributed by atoms with Crippen LogP contribution in [0.25, 0.3) is 27.5 Å². The Morgan fingerprint density at radius 1 is 0.756 bits per heavy atom. The van der Waals surface area contributed by atoms with Crippen LogP contribution >= 0.6 is 0 Å². The molecule has 4 aromatic carbocycles. The molecule has 218 valence electrons. The van der Waals surface area contributed by atoms with E-state index >= 15 is 0 Å². The lowest BCUT2D eigenvalue weighted by Gasteiger charge is -2.52. The third kappa shape index (κ3) is 3.24. The van der Waals surface area contributed by atoms with E-state index in [9.17, 15) is 0 Å². The highest BCUT2D eigenvalue weighted by Gasteiger charge is 2.56. The van der Waals surface area contributed by atoms with Crippen molar-refractivity contribution in [2.75, 3.05) is 21.7 Å². The smallest absolute Gasteiger partial charge is 0.178 e. The highest BCUT2D eigenvalue weighted by Crippen LogP contribution is 2.59. The van der Waals surface area contributed by atoms with E-state index in [0.29, 0.717) is 0 Å². The quantitative estimate of drug-likeness (QED) is 0.192. The number of nitrogens with zero attached hydrogens (tertiary/aromatic N) is 6. The number of benzene rings is 4. The van der Waals surface area contributed by atoms with Gasteiger partial charge in [0.25, 0.3) is 0 Å². The summed E-state index contributed by atoms with van der Waals surface area (Å²) in [6, 6.07) is 32.3. The molecule has 0 amide bonds. The number of hydrogen-bond donors (Lipinski definition) is 0. The first-order chi connectivity index (χ1) is 22.2. The number of para-hydroxylation sites is 3. The predicted octanol–water partition coefficient (Wildman–Crippen LogP) is 8.37. The second kappa shape index (κ2) is 8.99. The summed E-state index contributed by atoms with van der Waals surface area (Å²) in [6.07, 6.45) is 8.77. The summed E-state index contributed by atoms with van der Waals surface area (Å²) in [5.74, 6) is 1.97. The molecular formula is C38H30N6O. The standard InChI is InChI=1S/C38H30N6O/c1-23-22-29-27-16-17-28-26-13-7-9-15-31(26)45-34(28)33(27)42-21-20-41(2)37(42)32(29)38-43(24-10-4-3-5-11-24)35-36(40-19-18-39-35)44(38)30-14-8-6-12-25(23)30/h3-21,29,32,37-38H,1,22H2,2H3. The van der Waals surface area contributed by atoms with Crippen molar-refractivity contribution in [3.05, 3.63) is 133 Å². The number of rotatable bonds is 1. The van der Waals surface area contributed by atoms with Gasteiger partial charge in [0.05, 0.1) is 11.4 Å². The molecule has 6 aromatic rings. The van der Waals surface area contributed by atoms with Crippen LogP contribution in [0.2, 0.25) is 0 Å². The Balaban J connectivity index is 1.29. The molecule has 0 aliphatic carbocycles. The van der Waals surface area contributed by atoms with Gasteiger partial charge in [-0.25, -0.2) is 9.97 Å². The minimum atomic E-state index is -0.113. The molecular weight excluding hydrogens is 556 g/mol. The van der Waals surface area contributed by atoms with Gasteiger partial charge in [-0.15, -0.1) is 0 Å². The van der Waals surface area contributed by atoms with Gasteiger partial charge in [0, 0.05) is 65.7 Å². The van der Waals surface area contributed by atoms with E-state index in [0.717, 1.165) is 68.2 Å². The monoisotopic (exact) mass is 586 g/mol. The lowest BCUT2D eigenvalue weighted by molar-refractivity contribution is 0.186. The van der Waals surface area contributed by atoms with Crippen molar-refractivity contribution in [1.29, 1.82) is 0 Å². The van der Waals surface area contributed by atoms with E-state index in [1.807, 2.05) is 12.3 Å². The molecule has 0 saturated heterocycles. The fraction of sp³-hybridized carbons (Fsp3) is 0.158. The number of hydrogen-bond acceptors (Lipinski definition) is 7. The van der Waals surface area contributed by atoms with Crippen molar-refractivity contribution in [2.24, 2.45) is 5.92 Å². The van der Waals surface area contributed by atoms with Gasteiger partial charge in [-0.3, -0.25) is 0 Å². The van der Waals surface area contributed by atoms with E-state index in [-0.39, 0.29) is 24.2 Å². The van der Waals surface area contributed by atoms with Crippen molar-refractivity contribution in [1.82, 2.24) is 14.9 Å². The van der Waals surface area contributed by atoms with Crippen LogP contribution in [0.4, 0.5) is 28.7 Å². The largest absolute Gasteiger partial charge is 0.454 e. The Hall–Kier alpha value is -5.56. The number of allylic oxidation sites excluding steroid dienone is 1. The Kier molecular flexibility index (Phi) is 4.96. The highest BCUT2D eigenvalue weighted by molar-refractivity contribution is 6.10. The third-order valence-corrected chi connectivity index (χ3v) is 10.2. The summed E-state index contributed by atoms with van der Waals surface area (Å²) < 4.78 is 6.68. The van der Waals surface area contributed by atoms with E-state index in [1.54, 1.807) is 6.20 Å². The normalized spacial score (nSPS) is 22.9. The van der Waals surface area contributed by atoms with Gasteiger partial charge in [0.2, 0.25) is 0 Å². The second-order valence-electron chi connectivity index (χ2n) is 12.5. The van der Waals surface area contributed by atoms with Crippen LogP contribution < -0.4 is 14.7 Å².